The van der Waals surface area contributed by atoms with Gasteiger partial charge in [-0.25, -0.2) is 4.79 Å². The van der Waals surface area contributed by atoms with E-state index in [-0.39, 0.29) is 19.3 Å². The zero-order chi connectivity index (χ0) is 17.8. The summed E-state index contributed by atoms with van der Waals surface area (Å²) in [6.45, 7) is 3.52. The van der Waals surface area contributed by atoms with Crippen molar-refractivity contribution in [3.05, 3.63) is 28.8 Å². The van der Waals surface area contributed by atoms with Crippen LogP contribution in [0.4, 0.5) is 0 Å². The van der Waals surface area contributed by atoms with E-state index < -0.39 is 5.97 Å². The van der Waals surface area contributed by atoms with Gasteiger partial charge in [0.1, 0.15) is 0 Å². The maximum Gasteiger partial charge on any atom is 0.331 e. The summed E-state index contributed by atoms with van der Waals surface area (Å²) in [6, 6.07) is 3.39. The highest BCUT2D eigenvalue weighted by Gasteiger charge is 2.21. The minimum atomic E-state index is -0.576. The van der Waals surface area contributed by atoms with Crippen molar-refractivity contribution in [1.82, 2.24) is 4.90 Å². The molecule has 1 saturated heterocycles. The summed E-state index contributed by atoms with van der Waals surface area (Å²) in [6.07, 6.45) is 4.80. The molecule has 6 nitrogen and oxygen atoms in total. The van der Waals surface area contributed by atoms with E-state index in [9.17, 15) is 9.59 Å². The Morgan fingerprint density at radius 3 is 2.84 bits per heavy atom. The van der Waals surface area contributed by atoms with Gasteiger partial charge < -0.3 is 19.1 Å². The van der Waals surface area contributed by atoms with E-state index in [0.29, 0.717) is 28.0 Å². The fourth-order valence-electron chi connectivity index (χ4n) is 2.78. The molecule has 1 fully saturated rings. The van der Waals surface area contributed by atoms with E-state index in [4.69, 9.17) is 25.8 Å². The summed E-state index contributed by atoms with van der Waals surface area (Å²) in [5.41, 5.74) is 0.683. The molecule has 3 rings (SSSR count). The number of benzene rings is 1. The van der Waals surface area contributed by atoms with Crippen molar-refractivity contribution in [2.24, 2.45) is 5.92 Å². The summed E-state index contributed by atoms with van der Waals surface area (Å²) < 4.78 is 15.5. The Balaban J connectivity index is 1.50. The molecule has 2 heterocycles. The number of amides is 1. The van der Waals surface area contributed by atoms with Crippen LogP contribution >= 0.6 is 11.6 Å². The topological polar surface area (TPSA) is 65.1 Å². The summed E-state index contributed by atoms with van der Waals surface area (Å²) in [7, 11) is 0. The Labute approximate surface area is 151 Å². The number of carbonyl (C=O) groups excluding carboxylic acids is 2. The highest BCUT2D eigenvalue weighted by molar-refractivity contribution is 6.32. The van der Waals surface area contributed by atoms with Crippen LogP contribution in [0.3, 0.4) is 0 Å². The molecule has 2 aliphatic rings. The van der Waals surface area contributed by atoms with Gasteiger partial charge in [-0.1, -0.05) is 18.5 Å². The van der Waals surface area contributed by atoms with Crippen molar-refractivity contribution in [3.63, 3.8) is 0 Å². The highest BCUT2D eigenvalue weighted by atomic mass is 35.5. The van der Waals surface area contributed by atoms with Crippen LogP contribution in [0.1, 0.15) is 25.3 Å². The van der Waals surface area contributed by atoms with Gasteiger partial charge in [0, 0.05) is 19.2 Å². The number of piperidine rings is 1. The van der Waals surface area contributed by atoms with Crippen LogP contribution in [0, 0.1) is 5.92 Å². The quantitative estimate of drug-likeness (QED) is 0.606. The molecule has 7 heteroatoms. The highest BCUT2D eigenvalue weighted by Crippen LogP contribution is 2.40. The lowest BCUT2D eigenvalue weighted by Gasteiger charge is -2.30. The number of rotatable bonds is 4. The zero-order valence-electron chi connectivity index (χ0n) is 14.0. The van der Waals surface area contributed by atoms with Crippen LogP contribution < -0.4 is 9.47 Å². The molecule has 0 spiro atoms. The number of halogens is 1. The van der Waals surface area contributed by atoms with Crippen LogP contribution in [-0.4, -0.2) is 43.3 Å². The molecular weight excluding hydrogens is 346 g/mol. The first kappa shape index (κ1) is 17.6. The zero-order valence-corrected chi connectivity index (χ0v) is 14.8. The summed E-state index contributed by atoms with van der Waals surface area (Å²) in [5.74, 6) is 0.952. The van der Waals surface area contributed by atoms with Crippen molar-refractivity contribution < 1.29 is 23.8 Å². The van der Waals surface area contributed by atoms with Gasteiger partial charge in [0.05, 0.1) is 5.02 Å². The molecular formula is C18H20ClNO5. The number of ether oxygens (including phenoxy) is 3. The van der Waals surface area contributed by atoms with Gasteiger partial charge in [-0.05, 0) is 42.5 Å². The van der Waals surface area contributed by atoms with Crippen molar-refractivity contribution in [2.75, 3.05) is 26.5 Å². The van der Waals surface area contributed by atoms with Crippen molar-refractivity contribution in [2.45, 2.75) is 19.8 Å². The third-order valence-electron chi connectivity index (χ3n) is 4.34. The number of hydrogen-bond acceptors (Lipinski definition) is 5. The third kappa shape index (κ3) is 4.45. The Kier molecular flexibility index (Phi) is 5.48. The Hall–Kier alpha value is -2.21. The molecule has 1 aromatic carbocycles. The fraction of sp³-hybridized carbons (Fsp3) is 0.444. The Morgan fingerprint density at radius 1 is 1.32 bits per heavy atom. The van der Waals surface area contributed by atoms with E-state index in [0.717, 1.165) is 25.9 Å². The monoisotopic (exact) mass is 365 g/mol. The normalized spacial score (nSPS) is 17.1. The van der Waals surface area contributed by atoms with Gasteiger partial charge in [-0.15, -0.1) is 0 Å². The second kappa shape index (κ2) is 7.78. The van der Waals surface area contributed by atoms with Gasteiger partial charge in [0.25, 0.3) is 5.91 Å². The molecule has 0 bridgehead atoms. The second-order valence-corrected chi connectivity index (χ2v) is 6.65. The SMILES string of the molecule is CC1CCN(C(=O)COC(=O)/C=C/c2cc(Cl)c3c(c2)OCO3)CC1. The lowest BCUT2D eigenvalue weighted by molar-refractivity contribution is -0.148. The van der Waals surface area contributed by atoms with Crippen LogP contribution in [0.2, 0.25) is 5.02 Å². The molecule has 1 aromatic rings. The summed E-state index contributed by atoms with van der Waals surface area (Å²) in [5, 5.41) is 0.414. The smallest absolute Gasteiger partial charge is 0.331 e. The summed E-state index contributed by atoms with van der Waals surface area (Å²) >= 11 is 6.08. The van der Waals surface area contributed by atoms with E-state index >= 15 is 0 Å². The van der Waals surface area contributed by atoms with E-state index in [1.165, 1.54) is 6.08 Å². The molecule has 25 heavy (non-hydrogen) atoms. The van der Waals surface area contributed by atoms with Crippen LogP contribution in [0.5, 0.6) is 11.5 Å². The van der Waals surface area contributed by atoms with E-state index in [1.807, 2.05) is 0 Å². The molecule has 0 N–H and O–H groups in total. The standard InChI is InChI=1S/C18H20ClNO5/c1-12-4-6-20(7-5-12)16(21)10-23-17(22)3-2-13-8-14(19)18-15(9-13)24-11-25-18/h2-3,8-9,12H,4-7,10-11H2,1H3/b3-2+. The Morgan fingerprint density at radius 2 is 2.08 bits per heavy atom. The number of nitrogens with zero attached hydrogens (tertiary/aromatic N) is 1. The number of fused-ring (bicyclic) bond motifs is 1. The molecule has 0 aromatic heterocycles. The van der Waals surface area contributed by atoms with Crippen molar-refractivity contribution in [1.29, 1.82) is 0 Å². The molecule has 0 aliphatic carbocycles. The first-order valence-corrected chi connectivity index (χ1v) is 8.62. The third-order valence-corrected chi connectivity index (χ3v) is 4.62. The first-order chi connectivity index (χ1) is 12.0. The van der Waals surface area contributed by atoms with E-state index in [2.05, 4.69) is 6.92 Å². The average molecular weight is 366 g/mol. The molecule has 134 valence electrons. The minimum Gasteiger partial charge on any atom is -0.454 e. The number of likely N-dealkylation sites (tertiary alicyclic amines) is 1. The van der Waals surface area contributed by atoms with Crippen LogP contribution in [0.15, 0.2) is 18.2 Å². The minimum absolute atomic E-state index is 0.127. The largest absolute Gasteiger partial charge is 0.454 e. The van der Waals surface area contributed by atoms with Gasteiger partial charge in [-0.3, -0.25) is 4.79 Å². The first-order valence-electron chi connectivity index (χ1n) is 8.24. The predicted molar refractivity (Wildman–Crippen MR) is 92.5 cm³/mol. The van der Waals surface area contributed by atoms with Gasteiger partial charge in [0.15, 0.2) is 18.1 Å². The molecule has 1 amide bonds. The maximum atomic E-state index is 12.0. The lowest BCUT2D eigenvalue weighted by atomic mass is 9.99. The molecule has 0 unspecified atom stereocenters. The summed E-state index contributed by atoms with van der Waals surface area (Å²) in [4.78, 5) is 25.6. The predicted octanol–water partition coefficient (Wildman–Crippen LogP) is 2.88. The lowest BCUT2D eigenvalue weighted by Crippen LogP contribution is -2.40. The maximum absolute atomic E-state index is 12.0. The molecule has 2 aliphatic heterocycles. The number of esters is 1. The second-order valence-electron chi connectivity index (χ2n) is 6.24. The average Bonchev–Trinajstić information content (AvgIpc) is 3.07. The van der Waals surface area contributed by atoms with Crippen LogP contribution in [0.25, 0.3) is 6.08 Å². The number of hydrogen-bond donors (Lipinski definition) is 0. The van der Waals surface area contributed by atoms with Gasteiger partial charge in [-0.2, -0.15) is 0 Å². The van der Waals surface area contributed by atoms with Gasteiger partial charge >= 0.3 is 5.97 Å². The van der Waals surface area contributed by atoms with Crippen molar-refractivity contribution >= 4 is 29.6 Å². The molecule has 0 saturated carbocycles. The molecule has 0 atom stereocenters. The number of carbonyl (C=O) groups is 2. The van der Waals surface area contributed by atoms with Crippen LogP contribution in [-0.2, 0) is 14.3 Å². The van der Waals surface area contributed by atoms with Crippen molar-refractivity contribution in [3.8, 4) is 11.5 Å². The Bertz CT molecular complexity index is 695. The van der Waals surface area contributed by atoms with Gasteiger partial charge in [0.2, 0.25) is 6.79 Å². The fourth-order valence-corrected chi connectivity index (χ4v) is 3.05. The molecule has 0 radical (unpaired) electrons. The van der Waals surface area contributed by atoms with E-state index in [1.54, 1.807) is 23.1 Å².